The monoisotopic (exact) mass is 300 g/mol. The van der Waals surface area contributed by atoms with Crippen LogP contribution in [0.1, 0.15) is 12.5 Å². The summed E-state index contributed by atoms with van der Waals surface area (Å²) in [4.78, 5) is 16.4. The van der Waals surface area contributed by atoms with Crippen LogP contribution >= 0.6 is 11.3 Å². The van der Waals surface area contributed by atoms with Crippen molar-refractivity contribution >= 4 is 35.1 Å². The first-order valence-electron chi connectivity index (χ1n) is 6.27. The fraction of sp³-hybridized carbons (Fsp3) is 0.231. The first kappa shape index (κ1) is 13.3. The van der Waals surface area contributed by atoms with E-state index in [9.17, 15) is 4.79 Å². The van der Waals surface area contributed by atoms with Crippen LogP contribution in [0, 0.1) is 17.2 Å². The largest absolute Gasteiger partial charge is 0.367 e. The van der Waals surface area contributed by atoms with E-state index in [2.05, 4.69) is 15.4 Å². The van der Waals surface area contributed by atoms with E-state index in [1.807, 2.05) is 19.1 Å². The number of guanidine groups is 1. The quantitative estimate of drug-likeness (QED) is 0.852. The number of nitrogens with zero attached hydrogens (tertiary/aromatic N) is 4. The Balaban J connectivity index is 1.84. The summed E-state index contributed by atoms with van der Waals surface area (Å²) in [6.07, 6.45) is 3.52. The number of thiophene rings is 1. The fourth-order valence-corrected chi connectivity index (χ4v) is 2.97. The van der Waals surface area contributed by atoms with E-state index >= 15 is 0 Å². The first-order valence-corrected chi connectivity index (χ1v) is 7.21. The number of nitrogens with one attached hydrogen (secondary N) is 1. The van der Waals surface area contributed by atoms with Gasteiger partial charge in [-0.3, -0.25) is 4.79 Å². The van der Waals surface area contributed by atoms with Gasteiger partial charge in [0.05, 0.1) is 17.3 Å². The topological polar surface area (TPSA) is 107 Å². The molecule has 7 nitrogen and oxygen atoms in total. The molecule has 2 atom stereocenters. The molecule has 1 aromatic heterocycles. The van der Waals surface area contributed by atoms with Gasteiger partial charge in [-0.05, 0) is 6.08 Å². The van der Waals surface area contributed by atoms with Crippen LogP contribution in [0.25, 0.3) is 0 Å². The van der Waals surface area contributed by atoms with Crippen molar-refractivity contribution in [1.29, 1.82) is 5.26 Å². The van der Waals surface area contributed by atoms with Crippen LogP contribution < -0.4 is 11.1 Å². The van der Waals surface area contributed by atoms with Gasteiger partial charge in [-0.1, -0.05) is 6.92 Å². The van der Waals surface area contributed by atoms with Crippen LogP contribution in [0.4, 0.5) is 5.69 Å². The van der Waals surface area contributed by atoms with Crippen molar-refractivity contribution in [2.45, 2.75) is 13.0 Å². The number of aliphatic imine (C=N–C) groups is 1. The minimum atomic E-state index is -0.314. The number of hydrogen-bond donors (Lipinski definition) is 2. The Morgan fingerprint density at radius 1 is 1.57 bits per heavy atom. The number of nitrogens with two attached hydrogens (primary N) is 1. The van der Waals surface area contributed by atoms with Crippen LogP contribution in [0.2, 0.25) is 0 Å². The Labute approximate surface area is 125 Å². The minimum absolute atomic E-state index is 0.101. The third kappa shape index (κ3) is 2.28. The Hall–Kier alpha value is -2.66. The molecule has 1 aromatic rings. The minimum Gasteiger partial charge on any atom is -0.367 e. The molecule has 1 amide bonds. The Bertz CT molecular complexity index is 725. The maximum Gasteiger partial charge on any atom is 0.273 e. The van der Waals surface area contributed by atoms with Crippen molar-refractivity contribution in [2.24, 2.45) is 21.7 Å². The Morgan fingerprint density at radius 3 is 3.14 bits per heavy atom. The van der Waals surface area contributed by atoms with Crippen molar-refractivity contribution < 1.29 is 4.79 Å². The maximum atomic E-state index is 12.4. The number of fused-ring (bicyclic) bond motifs is 1. The lowest BCUT2D eigenvalue weighted by Gasteiger charge is -2.25. The van der Waals surface area contributed by atoms with Crippen LogP contribution in [0.5, 0.6) is 0 Å². The van der Waals surface area contributed by atoms with E-state index in [-0.39, 0.29) is 23.8 Å². The molecule has 2 unspecified atom stereocenters. The van der Waals surface area contributed by atoms with E-state index in [4.69, 9.17) is 11.0 Å². The zero-order valence-corrected chi connectivity index (χ0v) is 12.0. The fourth-order valence-electron chi connectivity index (χ4n) is 2.26. The van der Waals surface area contributed by atoms with E-state index in [1.54, 1.807) is 22.0 Å². The van der Waals surface area contributed by atoms with Crippen molar-refractivity contribution in [3.05, 3.63) is 28.1 Å². The summed E-state index contributed by atoms with van der Waals surface area (Å²) < 4.78 is 0. The summed E-state index contributed by atoms with van der Waals surface area (Å²) in [5, 5.41) is 20.8. The molecule has 0 saturated heterocycles. The predicted molar refractivity (Wildman–Crippen MR) is 80.7 cm³/mol. The van der Waals surface area contributed by atoms with Gasteiger partial charge in [0.1, 0.15) is 11.8 Å². The number of amides is 1. The van der Waals surface area contributed by atoms with Crippen LogP contribution in [0.3, 0.4) is 0 Å². The molecule has 3 rings (SSSR count). The molecule has 8 heteroatoms. The molecule has 21 heavy (non-hydrogen) atoms. The molecule has 106 valence electrons. The molecule has 3 heterocycles. The second kappa shape index (κ2) is 5.03. The lowest BCUT2D eigenvalue weighted by Crippen LogP contribution is -2.38. The van der Waals surface area contributed by atoms with Crippen molar-refractivity contribution in [3.63, 3.8) is 0 Å². The molecule has 3 N–H and O–H groups in total. The summed E-state index contributed by atoms with van der Waals surface area (Å²) in [6, 6.07) is 1.94. The van der Waals surface area contributed by atoms with E-state index in [0.717, 1.165) is 0 Å². The number of carbonyl (C=O) groups is 1. The van der Waals surface area contributed by atoms with Crippen molar-refractivity contribution in [1.82, 2.24) is 5.01 Å². The lowest BCUT2D eigenvalue weighted by atomic mass is 10.1. The van der Waals surface area contributed by atoms with Crippen molar-refractivity contribution in [2.75, 3.05) is 5.32 Å². The molecule has 0 fully saturated rings. The third-order valence-electron chi connectivity index (χ3n) is 3.32. The molecule has 0 aliphatic carbocycles. The third-order valence-corrected chi connectivity index (χ3v) is 4.07. The van der Waals surface area contributed by atoms with Crippen LogP contribution in [-0.2, 0) is 4.79 Å². The number of nitriles is 1. The Morgan fingerprint density at radius 2 is 2.38 bits per heavy atom. The molecule has 0 saturated carbocycles. The highest BCUT2D eigenvalue weighted by Crippen LogP contribution is 2.29. The highest BCUT2D eigenvalue weighted by atomic mass is 32.1. The zero-order chi connectivity index (χ0) is 15.0. The molecule has 0 radical (unpaired) electrons. The maximum absolute atomic E-state index is 12.4. The first-order chi connectivity index (χ1) is 10.1. The van der Waals surface area contributed by atoms with Crippen molar-refractivity contribution in [3.8, 4) is 6.07 Å². The van der Waals surface area contributed by atoms with Gasteiger partial charge in [0.25, 0.3) is 5.91 Å². The second-order valence-corrected chi connectivity index (χ2v) is 5.49. The summed E-state index contributed by atoms with van der Waals surface area (Å²) in [6.45, 7) is 1.98. The normalized spacial score (nSPS) is 23.1. The molecule has 0 bridgehead atoms. The number of rotatable bonds is 2. The van der Waals surface area contributed by atoms with E-state index < -0.39 is 0 Å². The lowest BCUT2D eigenvalue weighted by molar-refractivity contribution is -0.114. The average Bonchev–Trinajstić information content (AvgIpc) is 3.03. The summed E-state index contributed by atoms with van der Waals surface area (Å²) in [5.41, 5.74) is 6.95. The van der Waals surface area contributed by atoms with Gasteiger partial charge < -0.3 is 11.1 Å². The van der Waals surface area contributed by atoms with E-state index in [1.165, 1.54) is 11.3 Å². The van der Waals surface area contributed by atoms with Crippen LogP contribution in [0.15, 0.2) is 32.6 Å². The zero-order valence-electron chi connectivity index (χ0n) is 11.1. The molecular formula is C13H12N6OS. The number of carbonyl (C=O) groups excluding carboxylic acids is 1. The summed E-state index contributed by atoms with van der Waals surface area (Å²) in [5.74, 6) is -0.0948. The van der Waals surface area contributed by atoms with Gasteiger partial charge in [0.15, 0.2) is 0 Å². The highest BCUT2D eigenvalue weighted by molar-refractivity contribution is 7.08. The van der Waals surface area contributed by atoms with E-state index in [0.29, 0.717) is 16.9 Å². The average molecular weight is 300 g/mol. The number of hydrazone groups is 1. The number of hydrogen-bond acceptors (Lipinski definition) is 7. The molecule has 0 aromatic carbocycles. The molecule has 2 aliphatic rings. The van der Waals surface area contributed by atoms with Gasteiger partial charge in [0, 0.05) is 22.9 Å². The predicted octanol–water partition coefficient (Wildman–Crippen LogP) is 1.08. The second-order valence-electron chi connectivity index (χ2n) is 4.75. The molecule has 2 aliphatic heterocycles. The summed E-state index contributed by atoms with van der Waals surface area (Å²) >= 11 is 1.36. The smallest absolute Gasteiger partial charge is 0.273 e. The standard InChI is InChI=1S/C13H12N6OS/c1-7-2-10(19-11(7)4-16-13(15)18-19)12(20)17-9-6-21-5-8(9)3-14/h2,4-7,11H,1H3,(H2,15,18)(H,17,20). The SMILES string of the molecule is CC1C=C(C(=O)Nc2cscc2C#N)N2N=C(N)N=CC12. The van der Waals surface area contributed by atoms with Gasteiger partial charge in [0.2, 0.25) is 5.96 Å². The summed E-state index contributed by atoms with van der Waals surface area (Å²) in [7, 11) is 0. The van der Waals surface area contributed by atoms with Gasteiger partial charge in [-0.15, -0.1) is 16.4 Å². The van der Waals surface area contributed by atoms with Gasteiger partial charge >= 0.3 is 0 Å². The molecule has 0 spiro atoms. The highest BCUT2D eigenvalue weighted by Gasteiger charge is 2.36. The van der Waals surface area contributed by atoms with Gasteiger partial charge in [-0.2, -0.15) is 5.26 Å². The molecular weight excluding hydrogens is 288 g/mol. The van der Waals surface area contributed by atoms with Crippen LogP contribution in [-0.4, -0.2) is 29.1 Å². The Kier molecular flexibility index (Phi) is 3.19. The number of anilines is 1. The van der Waals surface area contributed by atoms with Gasteiger partial charge in [-0.25, -0.2) is 10.0 Å².